The normalized spacial score (nSPS) is 11.1. The van der Waals surface area contributed by atoms with Crippen molar-refractivity contribution in [2.45, 2.75) is 25.6 Å². The summed E-state index contributed by atoms with van der Waals surface area (Å²) in [7, 11) is 0. The number of aromatic nitrogens is 3. The molecule has 0 unspecified atom stereocenters. The van der Waals surface area contributed by atoms with E-state index in [4.69, 9.17) is 0 Å². The van der Waals surface area contributed by atoms with Crippen LogP contribution in [0.15, 0.2) is 65.3 Å². The summed E-state index contributed by atoms with van der Waals surface area (Å²) in [6, 6.07) is 14.3. The zero-order chi connectivity index (χ0) is 23.4. The number of ether oxygens (including phenoxy) is 1. The van der Waals surface area contributed by atoms with Crippen molar-refractivity contribution in [1.29, 1.82) is 0 Å². The Labute approximate surface area is 197 Å². The Bertz CT molecular complexity index is 1240. The number of imidazole rings is 1. The van der Waals surface area contributed by atoms with Crippen LogP contribution in [0, 0.1) is 13.8 Å². The molecule has 0 aliphatic rings. The third-order valence-electron chi connectivity index (χ3n) is 4.59. The Morgan fingerprint density at radius 2 is 1.88 bits per heavy atom. The second-order valence-corrected chi connectivity index (χ2v) is 8.93. The largest absolute Gasteiger partial charge is 0.435 e. The molecule has 1 N–H and O–H groups in total. The average Bonchev–Trinajstić information content (AvgIpc) is 3.39. The molecule has 2 aromatic heterocycles. The van der Waals surface area contributed by atoms with Gasteiger partial charge < -0.3 is 10.1 Å². The molecule has 2 aromatic carbocycles. The van der Waals surface area contributed by atoms with Crippen LogP contribution in [0.25, 0.3) is 16.9 Å². The summed E-state index contributed by atoms with van der Waals surface area (Å²) in [6.45, 7) is 0.979. The number of thiazole rings is 1. The SMILES string of the molecule is Cc1ccc(-c2cnc(SCC(=O)Nc3nc(C)cs3)n2-c2ccc(OC(F)F)cc2)cc1. The molecule has 6 nitrogen and oxygen atoms in total. The fraction of sp³-hybridized carbons (Fsp3) is 0.174. The van der Waals surface area contributed by atoms with E-state index in [1.165, 1.54) is 35.2 Å². The zero-order valence-electron chi connectivity index (χ0n) is 17.8. The lowest BCUT2D eigenvalue weighted by molar-refractivity contribution is -0.113. The summed E-state index contributed by atoms with van der Waals surface area (Å²) < 4.78 is 31.4. The Kier molecular flexibility index (Phi) is 7.05. The van der Waals surface area contributed by atoms with Gasteiger partial charge in [-0.3, -0.25) is 9.36 Å². The van der Waals surface area contributed by atoms with Gasteiger partial charge in [-0.25, -0.2) is 9.97 Å². The van der Waals surface area contributed by atoms with E-state index >= 15 is 0 Å². The van der Waals surface area contributed by atoms with Gasteiger partial charge in [0.1, 0.15) is 5.75 Å². The monoisotopic (exact) mass is 486 g/mol. The molecule has 0 fully saturated rings. The van der Waals surface area contributed by atoms with Crippen LogP contribution >= 0.6 is 23.1 Å². The number of rotatable bonds is 8. The minimum atomic E-state index is -2.89. The Hall–Kier alpha value is -3.24. The van der Waals surface area contributed by atoms with Gasteiger partial charge in [0.05, 0.1) is 23.3 Å². The summed E-state index contributed by atoms with van der Waals surface area (Å²) in [5.74, 6) is 0.00905. The van der Waals surface area contributed by atoms with E-state index < -0.39 is 6.61 Å². The molecule has 2 heterocycles. The van der Waals surface area contributed by atoms with Gasteiger partial charge in [0, 0.05) is 16.6 Å². The van der Waals surface area contributed by atoms with E-state index in [0.29, 0.717) is 16.0 Å². The molecule has 4 rings (SSSR count). The fourth-order valence-corrected chi connectivity index (χ4v) is 4.58. The molecule has 0 aliphatic heterocycles. The molecule has 0 spiro atoms. The van der Waals surface area contributed by atoms with Crippen molar-refractivity contribution in [3.63, 3.8) is 0 Å². The molecule has 0 atom stereocenters. The topological polar surface area (TPSA) is 69.0 Å². The van der Waals surface area contributed by atoms with Gasteiger partial charge in [-0.05, 0) is 38.1 Å². The number of benzene rings is 2. The first-order chi connectivity index (χ1) is 15.9. The van der Waals surface area contributed by atoms with Crippen LogP contribution in [0.5, 0.6) is 5.75 Å². The van der Waals surface area contributed by atoms with Crippen molar-refractivity contribution in [2.24, 2.45) is 0 Å². The number of nitrogens with one attached hydrogen (secondary N) is 1. The summed E-state index contributed by atoms with van der Waals surface area (Å²) in [5, 5.41) is 5.80. The summed E-state index contributed by atoms with van der Waals surface area (Å²) in [5.41, 5.74) is 4.44. The Morgan fingerprint density at radius 1 is 1.15 bits per heavy atom. The van der Waals surface area contributed by atoms with Crippen molar-refractivity contribution >= 4 is 34.1 Å². The molecule has 0 saturated heterocycles. The maximum atomic E-state index is 12.5. The number of thioether (sulfide) groups is 1. The second kappa shape index (κ2) is 10.1. The predicted molar refractivity (Wildman–Crippen MR) is 127 cm³/mol. The molecule has 1 amide bonds. The van der Waals surface area contributed by atoms with Crippen LogP contribution in [0.2, 0.25) is 0 Å². The van der Waals surface area contributed by atoms with Crippen molar-refractivity contribution in [3.05, 3.63) is 71.4 Å². The second-order valence-electron chi connectivity index (χ2n) is 7.13. The molecule has 0 saturated carbocycles. The number of nitrogens with zero attached hydrogens (tertiary/aromatic N) is 3. The number of anilines is 1. The number of aryl methyl sites for hydroxylation is 2. The zero-order valence-corrected chi connectivity index (χ0v) is 19.4. The molecule has 10 heteroatoms. The van der Waals surface area contributed by atoms with Crippen LogP contribution in [-0.2, 0) is 4.79 Å². The number of amides is 1. The van der Waals surface area contributed by atoms with Gasteiger partial charge in [-0.15, -0.1) is 11.3 Å². The highest BCUT2D eigenvalue weighted by atomic mass is 32.2. The molecule has 0 radical (unpaired) electrons. The van der Waals surface area contributed by atoms with Gasteiger partial charge in [0.15, 0.2) is 10.3 Å². The molecule has 170 valence electrons. The van der Waals surface area contributed by atoms with Gasteiger partial charge in [-0.2, -0.15) is 8.78 Å². The maximum absolute atomic E-state index is 12.5. The van der Waals surface area contributed by atoms with Crippen molar-refractivity contribution in [1.82, 2.24) is 14.5 Å². The van der Waals surface area contributed by atoms with Crippen LogP contribution in [0.1, 0.15) is 11.3 Å². The molecule has 0 bridgehead atoms. The van der Waals surface area contributed by atoms with E-state index in [2.05, 4.69) is 20.0 Å². The van der Waals surface area contributed by atoms with Crippen molar-refractivity contribution in [3.8, 4) is 22.7 Å². The van der Waals surface area contributed by atoms with E-state index in [1.54, 1.807) is 18.3 Å². The van der Waals surface area contributed by atoms with Gasteiger partial charge >= 0.3 is 6.61 Å². The first-order valence-electron chi connectivity index (χ1n) is 9.94. The van der Waals surface area contributed by atoms with Crippen LogP contribution in [-0.4, -0.2) is 32.8 Å². The number of carbonyl (C=O) groups is 1. The number of alkyl halides is 2. The van der Waals surface area contributed by atoms with E-state index in [1.807, 2.05) is 48.1 Å². The predicted octanol–water partition coefficient (Wildman–Crippen LogP) is 5.94. The van der Waals surface area contributed by atoms with Crippen LogP contribution in [0.4, 0.5) is 13.9 Å². The van der Waals surface area contributed by atoms with Crippen molar-refractivity contribution < 1.29 is 18.3 Å². The smallest absolute Gasteiger partial charge is 0.387 e. The maximum Gasteiger partial charge on any atom is 0.387 e. The van der Waals surface area contributed by atoms with Gasteiger partial charge in [0.25, 0.3) is 0 Å². The standard InChI is InChI=1S/C23H20F2N4O2S2/c1-14-3-5-16(6-4-14)19-11-26-23(33-13-20(30)28-22-27-15(2)12-32-22)29(19)17-7-9-18(10-8-17)31-21(24)25/h3-12,21H,13H2,1-2H3,(H,27,28,30). The minimum Gasteiger partial charge on any atom is -0.435 e. The van der Waals surface area contributed by atoms with Crippen molar-refractivity contribution in [2.75, 3.05) is 11.1 Å². The van der Waals surface area contributed by atoms with E-state index in [-0.39, 0.29) is 17.4 Å². The first-order valence-corrected chi connectivity index (χ1v) is 11.8. The number of halogens is 2. The third-order valence-corrected chi connectivity index (χ3v) is 6.42. The molecular weight excluding hydrogens is 466 g/mol. The molecular formula is C23H20F2N4O2S2. The van der Waals surface area contributed by atoms with Gasteiger partial charge in [0.2, 0.25) is 5.91 Å². The summed E-state index contributed by atoms with van der Waals surface area (Å²) in [6.07, 6.45) is 1.73. The highest BCUT2D eigenvalue weighted by Gasteiger charge is 2.16. The van der Waals surface area contributed by atoms with E-state index in [0.717, 1.165) is 22.5 Å². The summed E-state index contributed by atoms with van der Waals surface area (Å²) in [4.78, 5) is 21.2. The minimum absolute atomic E-state index is 0.0677. The lowest BCUT2D eigenvalue weighted by Crippen LogP contribution is -2.14. The van der Waals surface area contributed by atoms with Crippen LogP contribution in [0.3, 0.4) is 0 Å². The Balaban J connectivity index is 1.61. The summed E-state index contributed by atoms with van der Waals surface area (Å²) >= 11 is 2.64. The number of carbonyl (C=O) groups excluding carboxylic acids is 1. The number of hydrogen-bond donors (Lipinski definition) is 1. The third kappa shape index (κ3) is 5.77. The lowest BCUT2D eigenvalue weighted by atomic mass is 10.1. The highest BCUT2D eigenvalue weighted by molar-refractivity contribution is 7.99. The quantitative estimate of drug-likeness (QED) is 0.312. The fourth-order valence-electron chi connectivity index (χ4n) is 3.09. The van der Waals surface area contributed by atoms with Gasteiger partial charge in [-0.1, -0.05) is 41.6 Å². The van der Waals surface area contributed by atoms with E-state index in [9.17, 15) is 13.6 Å². The lowest BCUT2D eigenvalue weighted by Gasteiger charge is -2.13. The molecule has 33 heavy (non-hydrogen) atoms. The number of hydrogen-bond acceptors (Lipinski definition) is 6. The molecule has 0 aliphatic carbocycles. The first kappa shape index (κ1) is 22.9. The average molecular weight is 487 g/mol. The molecule has 4 aromatic rings. The highest BCUT2D eigenvalue weighted by Crippen LogP contribution is 2.31. The Morgan fingerprint density at radius 3 is 2.52 bits per heavy atom. The van der Waals surface area contributed by atoms with Crippen LogP contribution < -0.4 is 10.1 Å².